The van der Waals surface area contributed by atoms with Gasteiger partial charge in [0.05, 0.1) is 6.10 Å². The molecule has 0 aromatic carbocycles. The summed E-state index contributed by atoms with van der Waals surface area (Å²) in [5.41, 5.74) is 6.28. The number of hydrogen-bond donors (Lipinski definition) is 2. The van der Waals surface area contributed by atoms with Gasteiger partial charge in [0, 0.05) is 24.9 Å². The van der Waals surface area contributed by atoms with Gasteiger partial charge >= 0.3 is 0 Å². The van der Waals surface area contributed by atoms with E-state index in [1.54, 1.807) is 6.20 Å². The summed E-state index contributed by atoms with van der Waals surface area (Å²) >= 11 is 4.85. The summed E-state index contributed by atoms with van der Waals surface area (Å²) in [6, 6.07) is 3.75. The lowest BCUT2D eigenvalue weighted by Gasteiger charge is -2.11. The van der Waals surface area contributed by atoms with Crippen molar-refractivity contribution in [1.82, 2.24) is 4.98 Å². The SMILES string of the molecule is NC(=S)c1ccc(NCC2CCCO2)nc1. The molecule has 1 atom stereocenters. The van der Waals surface area contributed by atoms with Gasteiger partial charge < -0.3 is 15.8 Å². The van der Waals surface area contributed by atoms with E-state index in [0.717, 1.165) is 37.4 Å². The zero-order valence-corrected chi connectivity index (χ0v) is 9.80. The average Bonchev–Trinajstić information content (AvgIpc) is 2.80. The van der Waals surface area contributed by atoms with E-state index in [9.17, 15) is 0 Å². The van der Waals surface area contributed by atoms with Crippen LogP contribution in [0.2, 0.25) is 0 Å². The summed E-state index contributed by atoms with van der Waals surface area (Å²) in [6.45, 7) is 1.68. The molecule has 5 heteroatoms. The summed E-state index contributed by atoms with van der Waals surface area (Å²) in [6.07, 6.45) is 4.27. The van der Waals surface area contributed by atoms with Crippen LogP contribution in [0.25, 0.3) is 0 Å². The first-order chi connectivity index (χ1) is 7.75. The largest absolute Gasteiger partial charge is 0.389 e. The first-order valence-corrected chi connectivity index (χ1v) is 5.78. The molecule has 0 bridgehead atoms. The van der Waals surface area contributed by atoms with Gasteiger partial charge in [0.15, 0.2) is 0 Å². The molecule has 86 valence electrons. The molecule has 0 aliphatic carbocycles. The predicted octanol–water partition coefficient (Wildman–Crippen LogP) is 1.31. The molecule has 0 spiro atoms. The van der Waals surface area contributed by atoms with Crippen LogP contribution in [0, 0.1) is 0 Å². The molecular formula is C11H15N3OS. The number of pyridine rings is 1. The summed E-state index contributed by atoms with van der Waals surface area (Å²) in [4.78, 5) is 4.60. The van der Waals surface area contributed by atoms with Crippen LogP contribution in [0.1, 0.15) is 18.4 Å². The van der Waals surface area contributed by atoms with Crippen molar-refractivity contribution in [2.75, 3.05) is 18.5 Å². The van der Waals surface area contributed by atoms with E-state index < -0.39 is 0 Å². The van der Waals surface area contributed by atoms with Crippen LogP contribution >= 0.6 is 12.2 Å². The molecule has 0 radical (unpaired) electrons. The second-order valence-corrected chi connectivity index (χ2v) is 4.25. The van der Waals surface area contributed by atoms with Crippen LogP contribution < -0.4 is 11.1 Å². The van der Waals surface area contributed by atoms with Crippen molar-refractivity contribution in [3.8, 4) is 0 Å². The second-order valence-electron chi connectivity index (χ2n) is 3.81. The first-order valence-electron chi connectivity index (χ1n) is 5.37. The van der Waals surface area contributed by atoms with Crippen LogP contribution in [-0.2, 0) is 4.74 Å². The minimum atomic E-state index is 0.317. The van der Waals surface area contributed by atoms with E-state index in [0.29, 0.717) is 11.1 Å². The number of nitrogens with one attached hydrogen (secondary N) is 1. The third-order valence-electron chi connectivity index (χ3n) is 2.58. The highest BCUT2D eigenvalue weighted by Gasteiger charge is 2.14. The maximum Gasteiger partial charge on any atom is 0.126 e. The molecular weight excluding hydrogens is 222 g/mol. The number of thiocarbonyl (C=S) groups is 1. The third kappa shape index (κ3) is 2.90. The first kappa shape index (κ1) is 11.3. The highest BCUT2D eigenvalue weighted by Crippen LogP contribution is 2.13. The molecule has 2 heterocycles. The van der Waals surface area contributed by atoms with Crippen molar-refractivity contribution in [3.05, 3.63) is 23.9 Å². The molecule has 1 aliphatic rings. The van der Waals surface area contributed by atoms with E-state index in [1.807, 2.05) is 12.1 Å². The van der Waals surface area contributed by atoms with Crippen molar-refractivity contribution >= 4 is 23.0 Å². The number of hydrogen-bond acceptors (Lipinski definition) is 4. The minimum Gasteiger partial charge on any atom is -0.389 e. The van der Waals surface area contributed by atoms with Gasteiger partial charge in [-0.2, -0.15) is 0 Å². The van der Waals surface area contributed by atoms with Gasteiger partial charge in [0.1, 0.15) is 10.8 Å². The van der Waals surface area contributed by atoms with Crippen LogP contribution in [0.15, 0.2) is 18.3 Å². The Kier molecular flexibility index (Phi) is 3.69. The summed E-state index contributed by atoms with van der Waals surface area (Å²) in [5, 5.41) is 3.23. The number of nitrogens with zero attached hydrogens (tertiary/aromatic N) is 1. The number of rotatable bonds is 4. The van der Waals surface area contributed by atoms with Gasteiger partial charge in [0.25, 0.3) is 0 Å². The van der Waals surface area contributed by atoms with Gasteiger partial charge in [-0.25, -0.2) is 4.98 Å². The van der Waals surface area contributed by atoms with E-state index in [-0.39, 0.29) is 0 Å². The van der Waals surface area contributed by atoms with Crippen molar-refractivity contribution in [2.45, 2.75) is 18.9 Å². The molecule has 3 N–H and O–H groups in total. The number of ether oxygens (including phenoxy) is 1. The molecule has 0 saturated carbocycles. The maximum atomic E-state index is 5.51. The second kappa shape index (κ2) is 5.23. The Balaban J connectivity index is 1.87. The molecule has 1 saturated heterocycles. The highest BCUT2D eigenvalue weighted by molar-refractivity contribution is 7.80. The van der Waals surface area contributed by atoms with Crippen molar-refractivity contribution in [3.63, 3.8) is 0 Å². The van der Waals surface area contributed by atoms with E-state index in [2.05, 4.69) is 10.3 Å². The van der Waals surface area contributed by atoms with Crippen LogP contribution in [-0.4, -0.2) is 29.2 Å². The number of anilines is 1. The van der Waals surface area contributed by atoms with Gasteiger partial charge in [-0.3, -0.25) is 0 Å². The fourth-order valence-electron chi connectivity index (χ4n) is 1.67. The molecule has 16 heavy (non-hydrogen) atoms. The van der Waals surface area contributed by atoms with Crippen molar-refractivity contribution in [2.24, 2.45) is 5.73 Å². The van der Waals surface area contributed by atoms with Gasteiger partial charge in [-0.15, -0.1) is 0 Å². The fourth-order valence-corrected chi connectivity index (χ4v) is 1.79. The van der Waals surface area contributed by atoms with E-state index in [4.69, 9.17) is 22.7 Å². The van der Waals surface area contributed by atoms with Gasteiger partial charge in [0.2, 0.25) is 0 Å². The molecule has 2 rings (SSSR count). The molecule has 1 fully saturated rings. The molecule has 1 aromatic heterocycles. The van der Waals surface area contributed by atoms with E-state index >= 15 is 0 Å². The van der Waals surface area contributed by atoms with Crippen molar-refractivity contribution in [1.29, 1.82) is 0 Å². The Morgan fingerprint density at radius 2 is 2.50 bits per heavy atom. The van der Waals surface area contributed by atoms with Crippen LogP contribution in [0.5, 0.6) is 0 Å². The normalized spacial score (nSPS) is 19.6. The topological polar surface area (TPSA) is 60.2 Å². The molecule has 4 nitrogen and oxygen atoms in total. The van der Waals surface area contributed by atoms with Gasteiger partial charge in [-0.1, -0.05) is 12.2 Å². The Morgan fingerprint density at radius 3 is 3.06 bits per heavy atom. The number of aromatic nitrogens is 1. The summed E-state index contributed by atoms with van der Waals surface area (Å²) in [7, 11) is 0. The summed E-state index contributed by atoms with van der Waals surface area (Å²) in [5.74, 6) is 0.829. The summed E-state index contributed by atoms with van der Waals surface area (Å²) < 4.78 is 5.51. The van der Waals surface area contributed by atoms with E-state index in [1.165, 1.54) is 0 Å². The lowest BCUT2D eigenvalue weighted by Crippen LogP contribution is -2.19. The zero-order valence-electron chi connectivity index (χ0n) is 8.98. The fraction of sp³-hybridized carbons (Fsp3) is 0.455. The zero-order chi connectivity index (χ0) is 11.4. The molecule has 1 aliphatic heterocycles. The Labute approximate surface area is 100 Å². The van der Waals surface area contributed by atoms with Crippen LogP contribution in [0.3, 0.4) is 0 Å². The molecule has 0 amide bonds. The van der Waals surface area contributed by atoms with Crippen molar-refractivity contribution < 1.29 is 4.74 Å². The number of nitrogens with two attached hydrogens (primary N) is 1. The molecule has 1 aromatic rings. The standard InChI is InChI=1S/C11H15N3OS/c12-11(16)8-3-4-10(13-6-8)14-7-9-2-1-5-15-9/h3-4,6,9H,1-2,5,7H2,(H2,12,16)(H,13,14). The smallest absolute Gasteiger partial charge is 0.126 e. The maximum absolute atomic E-state index is 5.51. The Morgan fingerprint density at radius 1 is 1.62 bits per heavy atom. The lowest BCUT2D eigenvalue weighted by molar-refractivity contribution is 0.120. The Bertz CT molecular complexity index is 360. The highest BCUT2D eigenvalue weighted by atomic mass is 32.1. The lowest BCUT2D eigenvalue weighted by atomic mass is 10.2. The third-order valence-corrected chi connectivity index (χ3v) is 2.82. The Hall–Kier alpha value is -1.20. The molecule has 1 unspecified atom stereocenters. The van der Waals surface area contributed by atoms with Crippen LogP contribution in [0.4, 0.5) is 5.82 Å². The monoisotopic (exact) mass is 237 g/mol. The van der Waals surface area contributed by atoms with Gasteiger partial charge in [-0.05, 0) is 25.0 Å². The quantitative estimate of drug-likeness (QED) is 0.773. The predicted molar refractivity (Wildman–Crippen MR) is 67.6 cm³/mol. The minimum absolute atomic E-state index is 0.317. The average molecular weight is 237 g/mol.